The Balaban J connectivity index is 1.37. The van der Waals surface area contributed by atoms with Crippen LogP contribution in [0.4, 0.5) is 45.9 Å². The van der Waals surface area contributed by atoms with Crippen LogP contribution in [0.2, 0.25) is 0 Å². The average Bonchev–Trinajstić information content (AvgIpc) is 3.34. The third kappa shape index (κ3) is 7.38. The van der Waals surface area contributed by atoms with E-state index in [0.717, 1.165) is 10.5 Å². The first-order chi connectivity index (χ1) is 23.8. The fourth-order valence-electron chi connectivity index (χ4n) is 6.89. The van der Waals surface area contributed by atoms with E-state index in [9.17, 15) is 49.8 Å². The van der Waals surface area contributed by atoms with E-state index in [2.05, 4.69) is 9.97 Å². The van der Waals surface area contributed by atoms with Gasteiger partial charge in [0.15, 0.2) is 0 Å². The van der Waals surface area contributed by atoms with Gasteiger partial charge in [0.05, 0.1) is 55.5 Å². The predicted octanol–water partition coefficient (Wildman–Crippen LogP) is 8.09. The van der Waals surface area contributed by atoms with Crippen molar-refractivity contribution < 1.29 is 59.3 Å². The number of benzene rings is 2. The topological polar surface area (TPSA) is 105 Å². The molecule has 9 nitrogen and oxygen atoms in total. The first-order valence-electron chi connectivity index (χ1n) is 16.0. The number of methoxy groups -OCH3 is 1. The standard InChI is InChI=1S/C34H32F8N4O5/c1-17-28(21-9-22(33(37,38)39)12-23(10-21)34(40,41)42)51-31(49)46(17)14-26-25(13-43-30(44-26)45-15-32(35,36)16-45)24-11-20(7-8-27(24)50-2)18-3-5-19(6-4-18)29(47)48/h7-13,17-19,28H,3-6,14-16H2,1-2H3,(H,47,48)/t17-,18?,19?,28-/m0/s1. The second kappa shape index (κ2) is 13.1. The Morgan fingerprint density at radius 2 is 1.59 bits per heavy atom. The summed E-state index contributed by atoms with van der Waals surface area (Å²) in [5.74, 6) is -3.96. The number of anilines is 1. The number of rotatable bonds is 8. The van der Waals surface area contributed by atoms with E-state index in [0.29, 0.717) is 54.7 Å². The molecule has 274 valence electrons. The van der Waals surface area contributed by atoms with Crippen LogP contribution in [0, 0.1) is 5.92 Å². The van der Waals surface area contributed by atoms with Crippen molar-refractivity contribution in [2.75, 3.05) is 25.1 Å². The van der Waals surface area contributed by atoms with Gasteiger partial charge < -0.3 is 19.5 Å². The summed E-state index contributed by atoms with van der Waals surface area (Å²) < 4.78 is 120. The highest BCUT2D eigenvalue weighted by molar-refractivity contribution is 5.75. The number of carbonyl (C=O) groups is 2. The Labute approximate surface area is 286 Å². The SMILES string of the molecule is COc1ccc(C2CCC(C(=O)O)CC2)cc1-c1cnc(N2CC(F)(F)C2)nc1CN1C(=O)O[C@H](c2cc(C(F)(F)F)cc(C(F)(F)F)c2)[C@@H]1C. The van der Waals surface area contributed by atoms with E-state index in [1.54, 1.807) is 6.07 Å². The quantitative estimate of drug-likeness (QED) is 0.232. The van der Waals surface area contributed by atoms with Gasteiger partial charge in [-0.05, 0) is 80.0 Å². The number of cyclic esters (lactones) is 1. The second-order valence-electron chi connectivity index (χ2n) is 13.1. The lowest BCUT2D eigenvalue weighted by Crippen LogP contribution is -2.57. The van der Waals surface area contributed by atoms with Crippen molar-refractivity contribution in [2.45, 2.75) is 75.5 Å². The normalized spacial score (nSPS) is 23.5. The first kappa shape index (κ1) is 36.1. The number of hydrogen-bond donors (Lipinski definition) is 1. The zero-order valence-electron chi connectivity index (χ0n) is 27.2. The molecule has 1 saturated carbocycles. The van der Waals surface area contributed by atoms with Crippen molar-refractivity contribution >= 4 is 18.0 Å². The molecule has 1 amide bonds. The number of halogens is 8. The number of alkyl halides is 8. The largest absolute Gasteiger partial charge is 0.496 e. The highest BCUT2D eigenvalue weighted by Crippen LogP contribution is 2.44. The molecule has 2 saturated heterocycles. The number of aromatic nitrogens is 2. The van der Waals surface area contributed by atoms with Gasteiger partial charge in [0, 0.05) is 17.3 Å². The highest BCUT2D eigenvalue weighted by atomic mass is 19.4. The van der Waals surface area contributed by atoms with Gasteiger partial charge >= 0.3 is 24.4 Å². The molecule has 0 radical (unpaired) electrons. The number of aliphatic carboxylic acids is 1. The summed E-state index contributed by atoms with van der Waals surface area (Å²) >= 11 is 0. The number of nitrogens with zero attached hydrogens (tertiary/aromatic N) is 4. The number of carboxylic acid groups (broad SMARTS) is 1. The smallest absolute Gasteiger partial charge is 0.416 e. The van der Waals surface area contributed by atoms with E-state index in [1.165, 1.54) is 25.1 Å². The highest BCUT2D eigenvalue weighted by Gasteiger charge is 2.46. The zero-order valence-corrected chi connectivity index (χ0v) is 27.2. The molecule has 2 atom stereocenters. The van der Waals surface area contributed by atoms with Crippen LogP contribution in [0.1, 0.15) is 72.6 Å². The molecule has 1 N–H and O–H groups in total. The van der Waals surface area contributed by atoms with Gasteiger partial charge in [-0.1, -0.05) is 6.07 Å². The lowest BCUT2D eigenvalue weighted by molar-refractivity contribution is -0.144. The molecule has 2 aromatic carbocycles. The Hall–Kier alpha value is -4.70. The molecule has 51 heavy (non-hydrogen) atoms. The van der Waals surface area contributed by atoms with E-state index in [1.807, 2.05) is 12.1 Å². The number of amides is 1. The summed E-state index contributed by atoms with van der Waals surface area (Å²) in [6.07, 6.45) is -9.25. The first-order valence-corrected chi connectivity index (χ1v) is 16.0. The summed E-state index contributed by atoms with van der Waals surface area (Å²) in [4.78, 5) is 35.9. The van der Waals surface area contributed by atoms with E-state index >= 15 is 0 Å². The summed E-state index contributed by atoms with van der Waals surface area (Å²) in [5, 5.41) is 9.42. The van der Waals surface area contributed by atoms with Crippen molar-refractivity contribution in [3.05, 3.63) is 70.5 Å². The fraction of sp³-hybridized carbons (Fsp3) is 0.471. The minimum Gasteiger partial charge on any atom is -0.496 e. The van der Waals surface area contributed by atoms with Gasteiger partial charge in [-0.25, -0.2) is 23.5 Å². The van der Waals surface area contributed by atoms with Crippen LogP contribution in [0.5, 0.6) is 5.75 Å². The van der Waals surface area contributed by atoms with Crippen molar-refractivity contribution in [3.8, 4) is 16.9 Å². The molecule has 0 spiro atoms. The Kier molecular flexibility index (Phi) is 9.29. The maximum absolute atomic E-state index is 13.8. The molecular weight excluding hydrogens is 696 g/mol. The van der Waals surface area contributed by atoms with Gasteiger partial charge in [-0.2, -0.15) is 26.3 Å². The maximum Gasteiger partial charge on any atom is 0.416 e. The molecular formula is C34H32F8N4O5. The molecule has 17 heteroatoms. The molecule has 2 aliphatic heterocycles. The van der Waals surface area contributed by atoms with Crippen LogP contribution >= 0.6 is 0 Å². The van der Waals surface area contributed by atoms with Crippen LogP contribution in [0.15, 0.2) is 42.6 Å². The summed E-state index contributed by atoms with van der Waals surface area (Å²) in [7, 11) is 1.42. The van der Waals surface area contributed by atoms with Gasteiger partial charge in [-0.15, -0.1) is 0 Å². The minimum absolute atomic E-state index is 0.0145. The Morgan fingerprint density at radius 1 is 0.961 bits per heavy atom. The lowest BCUT2D eigenvalue weighted by atomic mass is 9.78. The van der Waals surface area contributed by atoms with Crippen molar-refractivity contribution in [1.82, 2.24) is 14.9 Å². The summed E-state index contributed by atoms with van der Waals surface area (Å²) in [6.45, 7) is -0.306. The maximum atomic E-state index is 13.8. The number of hydrogen-bond acceptors (Lipinski definition) is 7. The van der Waals surface area contributed by atoms with Crippen molar-refractivity contribution in [1.29, 1.82) is 0 Å². The minimum atomic E-state index is -5.12. The molecule has 1 aliphatic carbocycles. The molecule has 0 bridgehead atoms. The Morgan fingerprint density at radius 3 is 2.14 bits per heavy atom. The van der Waals surface area contributed by atoms with Gasteiger partial charge in [-0.3, -0.25) is 9.69 Å². The molecule has 3 fully saturated rings. The third-order valence-corrected chi connectivity index (χ3v) is 9.69. The van der Waals surface area contributed by atoms with Crippen LogP contribution in [-0.2, 0) is 28.4 Å². The third-order valence-electron chi connectivity index (χ3n) is 9.69. The second-order valence-corrected chi connectivity index (χ2v) is 13.1. The molecule has 6 rings (SSSR count). The molecule has 3 aromatic rings. The number of carbonyl (C=O) groups excluding carboxylic acids is 1. The summed E-state index contributed by atoms with van der Waals surface area (Å²) in [5.41, 5.74) is -1.85. The molecule has 3 aliphatic rings. The van der Waals surface area contributed by atoms with Crippen LogP contribution in [-0.4, -0.2) is 64.2 Å². The van der Waals surface area contributed by atoms with Crippen LogP contribution in [0.3, 0.4) is 0 Å². The number of carboxylic acids is 1. The van der Waals surface area contributed by atoms with Gasteiger partial charge in [0.1, 0.15) is 11.9 Å². The Bertz CT molecular complexity index is 1790. The molecule has 3 heterocycles. The van der Waals surface area contributed by atoms with Gasteiger partial charge in [0.2, 0.25) is 5.95 Å². The average molecular weight is 729 g/mol. The van der Waals surface area contributed by atoms with Crippen LogP contribution < -0.4 is 9.64 Å². The summed E-state index contributed by atoms with van der Waals surface area (Å²) in [6, 6.07) is 5.27. The lowest BCUT2D eigenvalue weighted by Gasteiger charge is -2.38. The zero-order chi connectivity index (χ0) is 37.0. The molecule has 1 aromatic heterocycles. The van der Waals surface area contributed by atoms with E-state index in [-0.39, 0.29) is 30.2 Å². The van der Waals surface area contributed by atoms with Crippen molar-refractivity contribution in [2.24, 2.45) is 5.92 Å². The van der Waals surface area contributed by atoms with Gasteiger partial charge in [0.25, 0.3) is 5.92 Å². The van der Waals surface area contributed by atoms with E-state index < -0.39 is 78.2 Å². The van der Waals surface area contributed by atoms with E-state index in [4.69, 9.17) is 9.47 Å². The fourth-order valence-corrected chi connectivity index (χ4v) is 6.89. The monoisotopic (exact) mass is 728 g/mol. The van der Waals surface area contributed by atoms with Crippen LogP contribution in [0.25, 0.3) is 11.1 Å². The predicted molar refractivity (Wildman–Crippen MR) is 164 cm³/mol. The number of ether oxygens (including phenoxy) is 2. The van der Waals surface area contributed by atoms with Crippen molar-refractivity contribution in [3.63, 3.8) is 0 Å². The molecule has 0 unspecified atom stereocenters.